The first-order valence-corrected chi connectivity index (χ1v) is 7.19. The Morgan fingerprint density at radius 1 is 1.25 bits per heavy atom. The number of benzene rings is 1. The van der Waals surface area contributed by atoms with E-state index in [1.807, 2.05) is 0 Å². The number of carbonyl (C=O) groups excluding carboxylic acids is 3. The number of esters is 1. The molecule has 0 aliphatic heterocycles. The number of nitro groups is 1. The molecule has 0 bridgehead atoms. The van der Waals surface area contributed by atoms with Crippen LogP contribution in [0.1, 0.15) is 29.8 Å². The van der Waals surface area contributed by atoms with Gasteiger partial charge in [-0.2, -0.15) is 0 Å². The minimum Gasteiger partial charge on any atom is -0.452 e. The van der Waals surface area contributed by atoms with Crippen molar-refractivity contribution in [2.24, 2.45) is 0 Å². The van der Waals surface area contributed by atoms with Gasteiger partial charge in [0.05, 0.1) is 17.0 Å². The van der Waals surface area contributed by atoms with Crippen LogP contribution in [0.25, 0.3) is 0 Å². The molecule has 0 aromatic heterocycles. The molecular weight excluding hydrogens is 318 g/mol. The lowest BCUT2D eigenvalue weighted by Gasteiger charge is -2.10. The summed E-state index contributed by atoms with van der Waals surface area (Å²) in [6.45, 7) is 4.16. The number of hydrogen-bond acceptors (Lipinski definition) is 6. The average molecular weight is 337 g/mol. The van der Waals surface area contributed by atoms with Crippen LogP contribution in [-0.4, -0.2) is 41.9 Å². The first-order valence-electron chi connectivity index (χ1n) is 7.19. The topological polar surface area (TPSA) is 128 Å². The minimum absolute atomic E-state index is 0.00884. The first kappa shape index (κ1) is 19.1. The first-order chi connectivity index (χ1) is 11.2. The molecule has 2 amide bonds. The zero-order valence-corrected chi connectivity index (χ0v) is 13.6. The van der Waals surface area contributed by atoms with Crippen molar-refractivity contribution in [3.05, 3.63) is 39.4 Å². The van der Waals surface area contributed by atoms with Gasteiger partial charge in [0.15, 0.2) is 6.61 Å². The quantitative estimate of drug-likeness (QED) is 0.428. The number of ether oxygens (including phenoxy) is 1. The van der Waals surface area contributed by atoms with Crippen LogP contribution in [0, 0.1) is 17.0 Å². The fourth-order valence-electron chi connectivity index (χ4n) is 1.85. The van der Waals surface area contributed by atoms with Gasteiger partial charge in [0.2, 0.25) is 5.91 Å². The highest BCUT2D eigenvalue weighted by Gasteiger charge is 2.19. The van der Waals surface area contributed by atoms with Crippen LogP contribution in [0.5, 0.6) is 0 Å². The number of amides is 2. The fraction of sp³-hybridized carbons (Fsp3) is 0.400. The molecule has 0 aliphatic rings. The van der Waals surface area contributed by atoms with Crippen molar-refractivity contribution in [2.75, 3.05) is 13.2 Å². The molecule has 2 N–H and O–H groups in total. The molecule has 0 spiro atoms. The molecule has 0 fully saturated rings. The molecular formula is C15H19N3O6. The Morgan fingerprint density at radius 2 is 1.92 bits per heavy atom. The zero-order valence-electron chi connectivity index (χ0n) is 13.6. The summed E-state index contributed by atoms with van der Waals surface area (Å²) in [4.78, 5) is 45.1. The minimum atomic E-state index is -0.849. The van der Waals surface area contributed by atoms with E-state index in [1.54, 1.807) is 13.8 Å². The lowest BCUT2D eigenvalue weighted by molar-refractivity contribution is -0.385. The van der Waals surface area contributed by atoms with Gasteiger partial charge >= 0.3 is 5.97 Å². The third-order valence-corrected chi connectivity index (χ3v) is 2.95. The molecule has 0 aliphatic carbocycles. The molecule has 1 rings (SSSR count). The van der Waals surface area contributed by atoms with Gasteiger partial charge in [0.25, 0.3) is 11.6 Å². The highest BCUT2D eigenvalue weighted by atomic mass is 16.6. The van der Waals surface area contributed by atoms with Crippen LogP contribution < -0.4 is 10.6 Å². The summed E-state index contributed by atoms with van der Waals surface area (Å²) < 4.78 is 4.81. The number of nitro benzene ring substituents is 1. The normalized spacial score (nSPS) is 10.2. The predicted octanol–water partition coefficient (Wildman–Crippen LogP) is 0.701. The maximum absolute atomic E-state index is 11.9. The number of carbonyl (C=O) groups is 3. The Morgan fingerprint density at radius 3 is 2.50 bits per heavy atom. The van der Waals surface area contributed by atoms with Gasteiger partial charge in [-0.15, -0.1) is 0 Å². The maximum Gasteiger partial charge on any atom is 0.339 e. The highest BCUT2D eigenvalue weighted by molar-refractivity contribution is 5.94. The summed E-state index contributed by atoms with van der Waals surface area (Å²) in [6.07, 6.45) is 0. The summed E-state index contributed by atoms with van der Waals surface area (Å²) in [5.74, 6) is -1.86. The van der Waals surface area contributed by atoms with Gasteiger partial charge in [-0.05, 0) is 26.8 Å². The molecule has 9 heteroatoms. The van der Waals surface area contributed by atoms with E-state index in [0.29, 0.717) is 0 Å². The molecule has 0 unspecified atom stereocenters. The largest absolute Gasteiger partial charge is 0.452 e. The summed E-state index contributed by atoms with van der Waals surface area (Å²) >= 11 is 0. The monoisotopic (exact) mass is 337 g/mol. The lowest BCUT2D eigenvalue weighted by Crippen LogP contribution is -2.41. The standard InChI is InChI=1S/C15H19N3O6/c1-9(2)17-13(19)7-16-14(20)8-24-15(21)11-5-4-6-12(10(11)3)18(22)23/h4-6,9H,7-8H2,1-3H3,(H,16,20)(H,17,19). The van der Waals surface area contributed by atoms with E-state index >= 15 is 0 Å². The van der Waals surface area contributed by atoms with E-state index in [4.69, 9.17) is 4.74 Å². The summed E-state index contributed by atoms with van der Waals surface area (Å²) in [6, 6.07) is 3.95. The molecule has 0 atom stereocenters. The van der Waals surface area contributed by atoms with Crippen LogP contribution in [0.3, 0.4) is 0 Å². The van der Waals surface area contributed by atoms with E-state index in [2.05, 4.69) is 10.6 Å². The van der Waals surface area contributed by atoms with Crippen molar-refractivity contribution >= 4 is 23.5 Å². The van der Waals surface area contributed by atoms with Crippen molar-refractivity contribution in [3.63, 3.8) is 0 Å². The van der Waals surface area contributed by atoms with E-state index in [0.717, 1.165) is 0 Å². The molecule has 1 aromatic rings. The van der Waals surface area contributed by atoms with Crippen molar-refractivity contribution in [1.82, 2.24) is 10.6 Å². The molecule has 24 heavy (non-hydrogen) atoms. The number of rotatable bonds is 7. The van der Waals surface area contributed by atoms with Gasteiger partial charge in [0.1, 0.15) is 0 Å². The van der Waals surface area contributed by atoms with Crippen molar-refractivity contribution in [1.29, 1.82) is 0 Å². The number of hydrogen-bond donors (Lipinski definition) is 2. The van der Waals surface area contributed by atoms with Crippen LogP contribution in [-0.2, 0) is 14.3 Å². The maximum atomic E-state index is 11.9. The summed E-state index contributed by atoms with van der Waals surface area (Å²) in [7, 11) is 0. The Labute approximate surface area is 138 Å². The van der Waals surface area contributed by atoms with Crippen LogP contribution in [0.4, 0.5) is 5.69 Å². The Kier molecular flexibility index (Phi) is 6.84. The van der Waals surface area contributed by atoms with Gasteiger partial charge in [-0.3, -0.25) is 19.7 Å². The smallest absolute Gasteiger partial charge is 0.339 e. The Hall–Kier alpha value is -2.97. The van der Waals surface area contributed by atoms with Gasteiger partial charge in [-0.25, -0.2) is 4.79 Å². The number of nitrogens with zero attached hydrogens (tertiary/aromatic N) is 1. The van der Waals surface area contributed by atoms with Crippen molar-refractivity contribution < 1.29 is 24.0 Å². The van der Waals surface area contributed by atoms with Gasteiger partial charge < -0.3 is 15.4 Å². The molecule has 1 aromatic carbocycles. The van der Waals surface area contributed by atoms with E-state index in [1.165, 1.54) is 25.1 Å². The van der Waals surface area contributed by atoms with E-state index in [-0.39, 0.29) is 35.3 Å². The zero-order chi connectivity index (χ0) is 18.3. The van der Waals surface area contributed by atoms with Crippen LogP contribution >= 0.6 is 0 Å². The molecule has 0 radical (unpaired) electrons. The predicted molar refractivity (Wildman–Crippen MR) is 84.4 cm³/mol. The van der Waals surface area contributed by atoms with Crippen molar-refractivity contribution in [3.8, 4) is 0 Å². The molecule has 130 valence electrons. The third kappa shape index (κ3) is 5.67. The SMILES string of the molecule is Cc1c(C(=O)OCC(=O)NCC(=O)NC(C)C)cccc1[N+](=O)[O-]. The van der Waals surface area contributed by atoms with E-state index < -0.39 is 23.4 Å². The van der Waals surface area contributed by atoms with E-state index in [9.17, 15) is 24.5 Å². The number of nitrogens with one attached hydrogen (secondary N) is 2. The molecule has 0 heterocycles. The van der Waals surface area contributed by atoms with Crippen LogP contribution in [0.15, 0.2) is 18.2 Å². The molecule has 9 nitrogen and oxygen atoms in total. The summed E-state index contributed by atoms with van der Waals surface area (Å²) in [5, 5.41) is 15.7. The molecule has 0 saturated carbocycles. The second-order valence-electron chi connectivity index (χ2n) is 5.28. The highest BCUT2D eigenvalue weighted by Crippen LogP contribution is 2.21. The van der Waals surface area contributed by atoms with Gasteiger partial charge in [-0.1, -0.05) is 6.07 Å². The fourth-order valence-corrected chi connectivity index (χ4v) is 1.85. The second-order valence-corrected chi connectivity index (χ2v) is 5.28. The Bertz CT molecular complexity index is 657. The Balaban J connectivity index is 2.55. The second kappa shape index (κ2) is 8.61. The molecule has 0 saturated heterocycles. The van der Waals surface area contributed by atoms with Crippen molar-refractivity contribution in [2.45, 2.75) is 26.8 Å². The van der Waals surface area contributed by atoms with Gasteiger partial charge in [0, 0.05) is 17.7 Å². The third-order valence-electron chi connectivity index (χ3n) is 2.95. The average Bonchev–Trinajstić information content (AvgIpc) is 2.49. The van der Waals surface area contributed by atoms with Crippen LogP contribution in [0.2, 0.25) is 0 Å². The lowest BCUT2D eigenvalue weighted by atomic mass is 10.1. The summed E-state index contributed by atoms with van der Waals surface area (Å²) in [5.41, 5.74) is -0.0435.